The molecule has 11 rings (SSSR count). The maximum atomic E-state index is 5.29. The molecule has 2 nitrogen and oxygen atoms in total. The van der Waals surface area contributed by atoms with E-state index in [0.29, 0.717) is 5.82 Å². The Morgan fingerprint density at radius 3 is 1.26 bits per heavy atom. The molecule has 0 atom stereocenters. The van der Waals surface area contributed by atoms with E-state index in [1.165, 1.54) is 70.7 Å². The molecule has 1 aromatic heterocycles. The smallest absolute Gasteiger partial charge is 0.160 e. The second-order valence-electron chi connectivity index (χ2n) is 15.7. The van der Waals surface area contributed by atoms with Crippen LogP contribution in [-0.2, 0) is 5.41 Å². The molecule has 0 radical (unpaired) electrons. The van der Waals surface area contributed by atoms with Crippen molar-refractivity contribution in [3.63, 3.8) is 0 Å². The average molecular weight is 727 g/mol. The first-order valence-electron chi connectivity index (χ1n) is 19.7. The Balaban J connectivity index is 1.35. The lowest BCUT2D eigenvalue weighted by Crippen LogP contribution is -2.14. The number of rotatable bonds is 3. The Bertz CT molecular complexity index is 3250. The van der Waals surface area contributed by atoms with Crippen LogP contribution in [0.25, 0.3) is 98.9 Å². The van der Waals surface area contributed by atoms with Gasteiger partial charge in [0, 0.05) is 22.1 Å². The molecule has 0 N–H and O–H groups in total. The SMILES string of the molecule is CC1(C)c2ccccc2-c2cc3c4cc(-c5nc(-c6ccccc6)cc(-c6ccccc6)n5)ccc4c4ccccc4c4ccccc4c4ccccc4c3cc21. The summed E-state index contributed by atoms with van der Waals surface area (Å²) in [5.41, 5.74) is 10.0. The van der Waals surface area contributed by atoms with Gasteiger partial charge < -0.3 is 0 Å². The van der Waals surface area contributed by atoms with E-state index in [-0.39, 0.29) is 5.41 Å². The third-order valence-electron chi connectivity index (χ3n) is 12.1. The summed E-state index contributed by atoms with van der Waals surface area (Å²) < 4.78 is 0. The molecule has 2 heteroatoms. The molecule has 57 heavy (non-hydrogen) atoms. The zero-order valence-electron chi connectivity index (χ0n) is 31.9. The van der Waals surface area contributed by atoms with E-state index in [0.717, 1.165) is 33.5 Å². The predicted molar refractivity (Wildman–Crippen MR) is 241 cm³/mol. The number of aromatic nitrogens is 2. The standard InChI is InChI=1S/C55H38N2/c1-55(2)50-28-16-15-27-45(50)49-32-47-46-31-37(54-56-52(35-17-5-3-6-18-35)34-53(57-54)36-19-7-4-8-20-36)29-30-44(46)42-25-12-11-23-40(42)38-21-9-10-22-39(38)41-24-13-14-26-43(41)48(47)33-51(49)55/h3-34H,1-2H3. The molecule has 0 fully saturated rings. The molecule has 0 spiro atoms. The molecule has 0 bridgehead atoms. The highest BCUT2D eigenvalue weighted by atomic mass is 14.9. The largest absolute Gasteiger partial charge is 0.228 e. The highest BCUT2D eigenvalue weighted by molar-refractivity contribution is 6.27. The van der Waals surface area contributed by atoms with Gasteiger partial charge in [0.1, 0.15) is 0 Å². The van der Waals surface area contributed by atoms with Crippen LogP contribution in [0.15, 0.2) is 194 Å². The first-order chi connectivity index (χ1) is 28.0. The zero-order chi connectivity index (χ0) is 38.1. The zero-order valence-corrected chi connectivity index (χ0v) is 31.9. The first kappa shape index (κ1) is 33.2. The summed E-state index contributed by atoms with van der Waals surface area (Å²) in [6, 6.07) is 70.5. The Hall–Kier alpha value is -7.16. The summed E-state index contributed by atoms with van der Waals surface area (Å²) in [5.74, 6) is 0.698. The van der Waals surface area contributed by atoms with Crippen molar-refractivity contribution in [3.05, 3.63) is 205 Å². The molecule has 1 aliphatic rings. The molecule has 0 saturated carbocycles. The Labute approximate surface area is 332 Å². The van der Waals surface area contributed by atoms with Gasteiger partial charge in [-0.15, -0.1) is 0 Å². The normalized spacial score (nSPS) is 12.9. The number of hydrogen-bond donors (Lipinski definition) is 0. The molecule has 1 aliphatic carbocycles. The highest BCUT2D eigenvalue weighted by Gasteiger charge is 2.35. The van der Waals surface area contributed by atoms with Crippen LogP contribution in [0.4, 0.5) is 0 Å². The highest BCUT2D eigenvalue weighted by Crippen LogP contribution is 2.51. The minimum Gasteiger partial charge on any atom is -0.228 e. The summed E-state index contributed by atoms with van der Waals surface area (Å²) in [4.78, 5) is 10.6. The maximum absolute atomic E-state index is 5.29. The molecule has 0 unspecified atom stereocenters. The molecule has 0 aliphatic heterocycles. The number of hydrogen-bond acceptors (Lipinski definition) is 2. The summed E-state index contributed by atoms with van der Waals surface area (Å²) in [6.45, 7) is 4.74. The third kappa shape index (κ3) is 5.33. The second kappa shape index (κ2) is 13.0. The van der Waals surface area contributed by atoms with E-state index in [2.05, 4.69) is 196 Å². The fraction of sp³-hybridized carbons (Fsp3) is 0.0545. The van der Waals surface area contributed by atoms with Gasteiger partial charge in [0.05, 0.1) is 11.4 Å². The van der Waals surface area contributed by atoms with Crippen LogP contribution in [-0.4, -0.2) is 9.97 Å². The van der Waals surface area contributed by atoms with E-state index in [4.69, 9.17) is 9.97 Å². The molecule has 0 saturated heterocycles. The lowest BCUT2D eigenvalue weighted by Gasteiger charge is -2.22. The van der Waals surface area contributed by atoms with Crippen LogP contribution >= 0.6 is 0 Å². The molecule has 0 amide bonds. The second-order valence-corrected chi connectivity index (χ2v) is 15.7. The van der Waals surface area contributed by atoms with Gasteiger partial charge in [-0.1, -0.05) is 184 Å². The van der Waals surface area contributed by atoms with Crippen molar-refractivity contribution in [2.45, 2.75) is 19.3 Å². The predicted octanol–water partition coefficient (Wildman–Crippen LogP) is 14.7. The number of nitrogens with zero attached hydrogens (tertiary/aromatic N) is 2. The first-order valence-corrected chi connectivity index (χ1v) is 19.7. The van der Waals surface area contributed by atoms with E-state index < -0.39 is 0 Å². The summed E-state index contributed by atoms with van der Waals surface area (Å²) in [7, 11) is 0. The van der Waals surface area contributed by atoms with Crippen molar-refractivity contribution in [3.8, 4) is 45.0 Å². The molecular weight excluding hydrogens is 689 g/mol. The Morgan fingerprint density at radius 1 is 0.298 bits per heavy atom. The minimum absolute atomic E-state index is 0.153. The van der Waals surface area contributed by atoms with Gasteiger partial charge in [-0.25, -0.2) is 9.97 Å². The molecule has 10 aromatic rings. The van der Waals surface area contributed by atoms with Gasteiger partial charge in [-0.3, -0.25) is 0 Å². The molecule has 1 heterocycles. The Morgan fingerprint density at radius 2 is 0.719 bits per heavy atom. The lowest BCUT2D eigenvalue weighted by molar-refractivity contribution is 0.661. The van der Waals surface area contributed by atoms with Crippen molar-refractivity contribution >= 4 is 53.9 Å². The van der Waals surface area contributed by atoms with Crippen LogP contribution in [0.2, 0.25) is 0 Å². The van der Waals surface area contributed by atoms with Gasteiger partial charge in [-0.05, 0) is 100 Å². The van der Waals surface area contributed by atoms with Crippen molar-refractivity contribution in [2.24, 2.45) is 0 Å². The Kier molecular flexibility index (Phi) is 7.55. The van der Waals surface area contributed by atoms with E-state index >= 15 is 0 Å². The fourth-order valence-electron chi connectivity index (χ4n) is 9.28. The van der Waals surface area contributed by atoms with Crippen LogP contribution in [0, 0.1) is 0 Å². The van der Waals surface area contributed by atoms with E-state index in [1.54, 1.807) is 0 Å². The summed E-state index contributed by atoms with van der Waals surface area (Å²) in [6.07, 6.45) is 0. The average Bonchev–Trinajstić information content (AvgIpc) is 3.51. The summed E-state index contributed by atoms with van der Waals surface area (Å²) in [5, 5.41) is 12.1. The molecular formula is C55H38N2. The minimum atomic E-state index is -0.153. The number of fused-ring (bicyclic) bond motifs is 13. The fourth-order valence-corrected chi connectivity index (χ4v) is 9.28. The maximum Gasteiger partial charge on any atom is 0.160 e. The van der Waals surface area contributed by atoms with Crippen molar-refractivity contribution in [2.75, 3.05) is 0 Å². The van der Waals surface area contributed by atoms with Crippen LogP contribution in [0.1, 0.15) is 25.0 Å². The quantitative estimate of drug-likeness (QED) is 0.181. The van der Waals surface area contributed by atoms with Crippen molar-refractivity contribution in [1.82, 2.24) is 9.97 Å². The van der Waals surface area contributed by atoms with Gasteiger partial charge in [0.2, 0.25) is 0 Å². The topological polar surface area (TPSA) is 25.8 Å². The van der Waals surface area contributed by atoms with Crippen LogP contribution < -0.4 is 0 Å². The van der Waals surface area contributed by atoms with Gasteiger partial charge in [0.25, 0.3) is 0 Å². The van der Waals surface area contributed by atoms with Crippen molar-refractivity contribution in [1.29, 1.82) is 0 Å². The van der Waals surface area contributed by atoms with E-state index in [1.807, 2.05) is 12.1 Å². The van der Waals surface area contributed by atoms with Gasteiger partial charge in [0.15, 0.2) is 5.82 Å². The monoisotopic (exact) mass is 726 g/mol. The summed E-state index contributed by atoms with van der Waals surface area (Å²) >= 11 is 0. The lowest BCUT2D eigenvalue weighted by atomic mass is 9.81. The van der Waals surface area contributed by atoms with Crippen LogP contribution in [0.3, 0.4) is 0 Å². The van der Waals surface area contributed by atoms with Crippen molar-refractivity contribution < 1.29 is 0 Å². The van der Waals surface area contributed by atoms with E-state index in [9.17, 15) is 0 Å². The van der Waals surface area contributed by atoms with Gasteiger partial charge in [-0.2, -0.15) is 0 Å². The van der Waals surface area contributed by atoms with Gasteiger partial charge >= 0.3 is 0 Å². The number of benzene rings is 8. The molecule has 9 aromatic carbocycles. The third-order valence-corrected chi connectivity index (χ3v) is 12.1. The van der Waals surface area contributed by atoms with Crippen LogP contribution in [0.5, 0.6) is 0 Å². The molecule has 268 valence electrons.